The summed E-state index contributed by atoms with van der Waals surface area (Å²) in [5, 5.41) is 2.24. The average molecular weight is 338 g/mol. The molecule has 0 fully saturated rings. The van der Waals surface area contributed by atoms with Gasteiger partial charge in [-0.2, -0.15) is 0 Å². The van der Waals surface area contributed by atoms with E-state index in [1.165, 1.54) is 14.0 Å². The first kappa shape index (κ1) is 17.7. The van der Waals surface area contributed by atoms with Crippen molar-refractivity contribution in [1.29, 1.82) is 0 Å². The van der Waals surface area contributed by atoms with Crippen molar-refractivity contribution in [3.8, 4) is 0 Å². The Hall–Kier alpha value is -1.37. The Kier molecular flexibility index (Phi) is 6.87. The number of esters is 1. The molecular weight excluding hydrogens is 324 g/mol. The maximum atomic E-state index is 13.3. The summed E-state index contributed by atoms with van der Waals surface area (Å²) in [4.78, 5) is 23.5. The molecular formula is C13H14Cl2FNO4. The lowest BCUT2D eigenvalue weighted by molar-refractivity contribution is -0.129. The van der Waals surface area contributed by atoms with E-state index in [-0.39, 0.29) is 22.2 Å². The summed E-state index contributed by atoms with van der Waals surface area (Å²) in [5.74, 6) is -2.21. The molecule has 0 heterocycles. The molecule has 0 saturated carbocycles. The predicted molar refractivity (Wildman–Crippen MR) is 76.2 cm³/mol. The fourth-order valence-corrected chi connectivity index (χ4v) is 1.84. The van der Waals surface area contributed by atoms with E-state index < -0.39 is 23.8 Å². The fourth-order valence-electron chi connectivity index (χ4n) is 1.38. The first-order valence-corrected chi connectivity index (χ1v) is 6.74. The minimum Gasteiger partial charge on any atom is -0.449 e. The number of ether oxygens (including phenoxy) is 2. The van der Waals surface area contributed by atoms with Crippen LogP contribution in [-0.4, -0.2) is 38.2 Å². The Morgan fingerprint density at radius 2 is 2.00 bits per heavy atom. The summed E-state index contributed by atoms with van der Waals surface area (Å²) in [6, 6.07) is 1.96. The van der Waals surface area contributed by atoms with Crippen LogP contribution in [0.5, 0.6) is 0 Å². The molecule has 1 aromatic rings. The molecule has 8 heteroatoms. The highest BCUT2D eigenvalue weighted by atomic mass is 35.5. The van der Waals surface area contributed by atoms with Crippen LogP contribution in [0, 0.1) is 5.82 Å². The van der Waals surface area contributed by atoms with Crippen molar-refractivity contribution in [2.24, 2.45) is 0 Å². The highest BCUT2D eigenvalue weighted by Gasteiger charge is 2.21. The minimum absolute atomic E-state index is 0.0570. The summed E-state index contributed by atoms with van der Waals surface area (Å²) in [6.07, 6.45) is -1.05. The quantitative estimate of drug-likeness (QED) is 0.492. The molecule has 116 valence electrons. The third kappa shape index (κ3) is 5.15. The Morgan fingerprint density at radius 1 is 1.33 bits per heavy atom. The van der Waals surface area contributed by atoms with Crippen LogP contribution in [0.2, 0.25) is 10.0 Å². The molecule has 1 amide bonds. The summed E-state index contributed by atoms with van der Waals surface area (Å²) in [6.45, 7) is 2.01. The lowest BCUT2D eigenvalue weighted by Gasteiger charge is -2.14. The molecule has 0 aromatic heterocycles. The number of benzene rings is 1. The summed E-state index contributed by atoms with van der Waals surface area (Å²) >= 11 is 11.3. The Balaban J connectivity index is 2.68. The molecule has 1 aromatic carbocycles. The van der Waals surface area contributed by atoms with Crippen LogP contribution < -0.4 is 5.32 Å². The van der Waals surface area contributed by atoms with E-state index in [2.05, 4.69) is 5.32 Å². The second-order valence-corrected chi connectivity index (χ2v) is 4.89. The van der Waals surface area contributed by atoms with Gasteiger partial charge < -0.3 is 14.8 Å². The second-order valence-electron chi connectivity index (χ2n) is 4.08. The smallest absolute Gasteiger partial charge is 0.340 e. The number of methoxy groups -OCH3 is 1. The number of hydrogen-bond acceptors (Lipinski definition) is 4. The predicted octanol–water partition coefficient (Wildman–Crippen LogP) is 2.44. The van der Waals surface area contributed by atoms with E-state index in [1.807, 2.05) is 0 Å². The van der Waals surface area contributed by atoms with E-state index in [0.717, 1.165) is 12.1 Å². The first-order chi connectivity index (χ1) is 9.86. The van der Waals surface area contributed by atoms with Gasteiger partial charge in [-0.25, -0.2) is 9.18 Å². The van der Waals surface area contributed by atoms with Crippen molar-refractivity contribution in [2.45, 2.75) is 13.0 Å². The van der Waals surface area contributed by atoms with E-state index in [9.17, 15) is 14.0 Å². The maximum Gasteiger partial charge on any atom is 0.340 e. The fraction of sp³-hybridized carbons (Fsp3) is 0.385. The van der Waals surface area contributed by atoms with Gasteiger partial charge in [0.2, 0.25) is 0 Å². The van der Waals surface area contributed by atoms with E-state index >= 15 is 0 Å². The Morgan fingerprint density at radius 3 is 2.62 bits per heavy atom. The van der Waals surface area contributed by atoms with Gasteiger partial charge in [-0.1, -0.05) is 23.2 Å². The first-order valence-electron chi connectivity index (χ1n) is 5.99. The molecule has 0 aliphatic heterocycles. The van der Waals surface area contributed by atoms with Gasteiger partial charge in [0.15, 0.2) is 6.10 Å². The standard InChI is InChI=1S/C13H14Cl2FNO4/c1-7(12(18)17-3-4-20-2)21-13(19)8-5-11(16)10(15)6-9(8)14/h5-7H,3-4H2,1-2H3,(H,17,18)/t7-/m0/s1. The molecule has 1 atom stereocenters. The summed E-state index contributed by atoms with van der Waals surface area (Å²) in [5.41, 5.74) is -0.199. The van der Waals surface area contributed by atoms with Crippen LogP contribution in [0.15, 0.2) is 12.1 Å². The third-order valence-electron chi connectivity index (χ3n) is 2.49. The molecule has 0 aliphatic carbocycles. The molecule has 1 N–H and O–H groups in total. The third-order valence-corrected chi connectivity index (χ3v) is 3.09. The van der Waals surface area contributed by atoms with Gasteiger partial charge in [0, 0.05) is 13.7 Å². The van der Waals surface area contributed by atoms with Gasteiger partial charge in [-0.15, -0.1) is 0 Å². The van der Waals surface area contributed by atoms with Crippen LogP contribution in [0.25, 0.3) is 0 Å². The SMILES string of the molecule is COCCNC(=O)[C@H](C)OC(=O)c1cc(F)c(Cl)cc1Cl. The van der Waals surface area contributed by atoms with Gasteiger partial charge >= 0.3 is 5.97 Å². The van der Waals surface area contributed by atoms with Crippen LogP contribution >= 0.6 is 23.2 Å². The topological polar surface area (TPSA) is 64.6 Å². The largest absolute Gasteiger partial charge is 0.449 e. The number of carbonyl (C=O) groups excluding carboxylic acids is 2. The van der Waals surface area contributed by atoms with E-state index in [1.54, 1.807) is 0 Å². The Bertz CT molecular complexity index is 539. The van der Waals surface area contributed by atoms with Gasteiger partial charge in [0.25, 0.3) is 5.91 Å². The van der Waals surface area contributed by atoms with Crippen LogP contribution in [0.1, 0.15) is 17.3 Å². The zero-order valence-corrected chi connectivity index (χ0v) is 12.9. The maximum absolute atomic E-state index is 13.3. The second kappa shape index (κ2) is 8.17. The number of rotatable bonds is 6. The van der Waals surface area contributed by atoms with Crippen molar-refractivity contribution in [3.63, 3.8) is 0 Å². The van der Waals surface area contributed by atoms with Crippen LogP contribution in [0.3, 0.4) is 0 Å². The normalized spacial score (nSPS) is 11.9. The van der Waals surface area contributed by atoms with E-state index in [4.69, 9.17) is 32.7 Å². The zero-order valence-electron chi connectivity index (χ0n) is 11.4. The molecule has 21 heavy (non-hydrogen) atoms. The van der Waals surface area contributed by atoms with Crippen molar-refractivity contribution in [2.75, 3.05) is 20.3 Å². The molecule has 0 radical (unpaired) electrons. The van der Waals surface area contributed by atoms with Crippen molar-refractivity contribution < 1.29 is 23.5 Å². The molecule has 1 rings (SSSR count). The molecule has 0 unspecified atom stereocenters. The molecule has 5 nitrogen and oxygen atoms in total. The van der Waals surface area contributed by atoms with Crippen molar-refractivity contribution in [3.05, 3.63) is 33.6 Å². The van der Waals surface area contributed by atoms with Crippen LogP contribution in [-0.2, 0) is 14.3 Å². The van der Waals surface area contributed by atoms with Gasteiger partial charge in [-0.05, 0) is 19.1 Å². The van der Waals surface area contributed by atoms with Crippen molar-refractivity contribution >= 4 is 35.1 Å². The summed E-state index contributed by atoms with van der Waals surface area (Å²) in [7, 11) is 1.49. The molecule has 0 spiro atoms. The van der Waals surface area contributed by atoms with Gasteiger partial charge in [0.05, 0.1) is 22.2 Å². The minimum atomic E-state index is -1.05. The average Bonchev–Trinajstić information content (AvgIpc) is 2.42. The Labute approximate surface area is 131 Å². The number of hydrogen-bond donors (Lipinski definition) is 1. The lowest BCUT2D eigenvalue weighted by atomic mass is 10.2. The van der Waals surface area contributed by atoms with E-state index in [0.29, 0.717) is 6.61 Å². The van der Waals surface area contributed by atoms with Gasteiger partial charge in [0.1, 0.15) is 5.82 Å². The highest BCUT2D eigenvalue weighted by Crippen LogP contribution is 2.25. The molecule has 0 saturated heterocycles. The van der Waals surface area contributed by atoms with Crippen molar-refractivity contribution in [1.82, 2.24) is 5.32 Å². The van der Waals surface area contributed by atoms with Gasteiger partial charge in [-0.3, -0.25) is 4.79 Å². The number of halogens is 3. The number of amides is 1. The molecule has 0 bridgehead atoms. The monoisotopic (exact) mass is 337 g/mol. The number of nitrogens with one attached hydrogen (secondary N) is 1. The lowest BCUT2D eigenvalue weighted by Crippen LogP contribution is -2.37. The molecule has 0 aliphatic rings. The zero-order chi connectivity index (χ0) is 16.0. The van der Waals surface area contributed by atoms with Crippen LogP contribution in [0.4, 0.5) is 4.39 Å². The number of carbonyl (C=O) groups is 2. The highest BCUT2D eigenvalue weighted by molar-refractivity contribution is 6.36. The summed E-state index contributed by atoms with van der Waals surface area (Å²) < 4.78 is 23.0.